The Morgan fingerprint density at radius 2 is 2.26 bits per heavy atom. The first-order valence-electron chi connectivity index (χ1n) is 7.24. The molecule has 1 aliphatic carbocycles. The summed E-state index contributed by atoms with van der Waals surface area (Å²) in [7, 11) is 2.08. The molecule has 1 N–H and O–H groups in total. The van der Waals surface area contributed by atoms with Crippen LogP contribution in [-0.4, -0.2) is 36.4 Å². The summed E-state index contributed by atoms with van der Waals surface area (Å²) >= 11 is 1.74. The lowest BCUT2D eigenvalue weighted by molar-refractivity contribution is 0.0216. The van der Waals surface area contributed by atoms with Gasteiger partial charge >= 0.3 is 0 Å². The number of aryl methyl sites for hydroxylation is 1. The van der Waals surface area contributed by atoms with Gasteiger partial charge in [0.25, 0.3) is 0 Å². The van der Waals surface area contributed by atoms with Crippen LogP contribution in [0.15, 0.2) is 0 Å². The Morgan fingerprint density at radius 3 is 3.00 bits per heavy atom. The predicted octanol–water partition coefficient (Wildman–Crippen LogP) is 2.52. The fraction of sp³-hybridized carbons (Fsp3) is 0.786. The molecule has 0 aromatic carbocycles. The zero-order chi connectivity index (χ0) is 13.2. The predicted molar refractivity (Wildman–Crippen MR) is 76.9 cm³/mol. The summed E-state index contributed by atoms with van der Waals surface area (Å²) in [5.74, 6) is 0. The molecule has 2 atom stereocenters. The summed E-state index contributed by atoms with van der Waals surface area (Å²) in [4.78, 5) is 8.09. The number of likely N-dealkylation sites (N-methyl/N-ethyl adjacent to an activating group) is 1. The van der Waals surface area contributed by atoms with Gasteiger partial charge in [-0.15, -0.1) is 11.3 Å². The maximum atomic E-state index is 9.98. The van der Waals surface area contributed by atoms with Gasteiger partial charge in [-0.25, -0.2) is 4.98 Å². The van der Waals surface area contributed by atoms with Crippen LogP contribution in [0.1, 0.15) is 48.8 Å². The third-order valence-electron chi connectivity index (χ3n) is 3.99. The van der Waals surface area contributed by atoms with Crippen LogP contribution in [0.4, 0.5) is 5.13 Å². The molecular formula is C14H22N2O2S. The van der Waals surface area contributed by atoms with Gasteiger partial charge < -0.3 is 14.7 Å². The molecular weight excluding hydrogens is 260 g/mol. The van der Waals surface area contributed by atoms with Gasteiger partial charge in [0.1, 0.15) is 0 Å². The molecule has 2 heterocycles. The number of nitrogens with zero attached hydrogens (tertiary/aromatic N) is 2. The third-order valence-corrected chi connectivity index (χ3v) is 5.24. The van der Waals surface area contributed by atoms with Crippen molar-refractivity contribution in [2.75, 3.05) is 25.1 Å². The molecule has 4 nitrogen and oxygen atoms in total. The second-order valence-corrected chi connectivity index (χ2v) is 6.64. The maximum absolute atomic E-state index is 9.98. The van der Waals surface area contributed by atoms with E-state index in [-0.39, 0.29) is 6.10 Å². The summed E-state index contributed by atoms with van der Waals surface area (Å²) < 4.78 is 5.78. The van der Waals surface area contributed by atoms with Crippen molar-refractivity contribution in [3.05, 3.63) is 10.6 Å². The molecule has 5 heteroatoms. The average molecular weight is 282 g/mol. The Morgan fingerprint density at radius 1 is 1.37 bits per heavy atom. The Kier molecular flexibility index (Phi) is 4.05. The van der Waals surface area contributed by atoms with Crippen molar-refractivity contribution < 1.29 is 9.84 Å². The second kappa shape index (κ2) is 5.77. The van der Waals surface area contributed by atoms with E-state index in [1.165, 1.54) is 17.7 Å². The number of ether oxygens (including phenoxy) is 1. The molecule has 0 bridgehead atoms. The molecule has 1 aromatic rings. The number of thiazole rings is 1. The molecule has 0 radical (unpaired) electrons. The summed E-state index contributed by atoms with van der Waals surface area (Å²) in [6.45, 7) is 1.80. The number of rotatable bonds is 3. The van der Waals surface area contributed by atoms with E-state index >= 15 is 0 Å². The van der Waals surface area contributed by atoms with Gasteiger partial charge in [-0.3, -0.25) is 0 Å². The molecule has 0 amide bonds. The average Bonchev–Trinajstić information content (AvgIpc) is 2.85. The molecule has 2 unspecified atom stereocenters. The van der Waals surface area contributed by atoms with Crippen LogP contribution in [0, 0.1) is 0 Å². The zero-order valence-corrected chi connectivity index (χ0v) is 12.3. The third kappa shape index (κ3) is 2.93. The lowest BCUT2D eigenvalue weighted by Crippen LogP contribution is -2.33. The lowest BCUT2D eigenvalue weighted by Gasteiger charge is -2.27. The standard InChI is InChI=1S/C14H22N2O2S/c1-16(9-10-5-2-3-8-18-10)14-15-13-11(17)6-4-7-12(13)19-14/h10-11,17H,2-9H2,1H3. The van der Waals surface area contributed by atoms with Gasteiger partial charge in [-0.2, -0.15) is 0 Å². The highest BCUT2D eigenvalue weighted by atomic mass is 32.1. The van der Waals surface area contributed by atoms with E-state index in [9.17, 15) is 5.11 Å². The molecule has 106 valence electrons. The van der Waals surface area contributed by atoms with E-state index in [0.29, 0.717) is 6.10 Å². The van der Waals surface area contributed by atoms with Crippen LogP contribution in [-0.2, 0) is 11.2 Å². The van der Waals surface area contributed by atoms with E-state index < -0.39 is 0 Å². The normalized spacial score (nSPS) is 27.1. The first-order valence-corrected chi connectivity index (χ1v) is 8.06. The quantitative estimate of drug-likeness (QED) is 0.925. The van der Waals surface area contributed by atoms with E-state index in [4.69, 9.17) is 4.74 Å². The van der Waals surface area contributed by atoms with Crippen molar-refractivity contribution in [1.29, 1.82) is 0 Å². The van der Waals surface area contributed by atoms with Crippen molar-refractivity contribution in [2.24, 2.45) is 0 Å². The number of anilines is 1. The molecule has 0 spiro atoms. The first-order chi connectivity index (χ1) is 9.24. The van der Waals surface area contributed by atoms with Gasteiger partial charge in [-0.1, -0.05) is 0 Å². The van der Waals surface area contributed by atoms with Crippen LogP contribution in [0.5, 0.6) is 0 Å². The van der Waals surface area contributed by atoms with E-state index in [0.717, 1.165) is 49.7 Å². The van der Waals surface area contributed by atoms with E-state index in [2.05, 4.69) is 16.9 Å². The van der Waals surface area contributed by atoms with Crippen LogP contribution < -0.4 is 4.90 Å². The minimum atomic E-state index is -0.354. The molecule has 0 saturated carbocycles. The topological polar surface area (TPSA) is 45.6 Å². The van der Waals surface area contributed by atoms with Gasteiger partial charge in [0, 0.05) is 25.1 Å². The van der Waals surface area contributed by atoms with Gasteiger partial charge in [0.2, 0.25) is 0 Å². The van der Waals surface area contributed by atoms with Crippen LogP contribution in [0.3, 0.4) is 0 Å². The highest BCUT2D eigenvalue weighted by molar-refractivity contribution is 7.15. The van der Waals surface area contributed by atoms with Crippen molar-refractivity contribution in [3.8, 4) is 0 Å². The number of hydrogen-bond donors (Lipinski definition) is 1. The van der Waals surface area contributed by atoms with Gasteiger partial charge in [0.05, 0.1) is 17.9 Å². The lowest BCUT2D eigenvalue weighted by atomic mass is 10.0. The summed E-state index contributed by atoms with van der Waals surface area (Å²) in [6, 6.07) is 0. The molecule has 1 aliphatic heterocycles. The molecule has 1 fully saturated rings. The molecule has 3 rings (SSSR count). The van der Waals surface area contributed by atoms with Crippen molar-refractivity contribution in [2.45, 2.75) is 50.7 Å². The number of fused-ring (bicyclic) bond motifs is 1. The van der Waals surface area contributed by atoms with E-state index in [1.54, 1.807) is 11.3 Å². The van der Waals surface area contributed by atoms with Gasteiger partial charge in [-0.05, 0) is 38.5 Å². The van der Waals surface area contributed by atoms with Crippen LogP contribution >= 0.6 is 11.3 Å². The molecule has 1 aromatic heterocycles. The zero-order valence-electron chi connectivity index (χ0n) is 11.5. The highest BCUT2D eigenvalue weighted by Gasteiger charge is 2.25. The second-order valence-electron chi connectivity index (χ2n) is 5.58. The molecule has 19 heavy (non-hydrogen) atoms. The number of aliphatic hydroxyl groups excluding tert-OH is 1. The summed E-state index contributed by atoms with van der Waals surface area (Å²) in [6.07, 6.45) is 6.59. The maximum Gasteiger partial charge on any atom is 0.185 e. The summed E-state index contributed by atoms with van der Waals surface area (Å²) in [5, 5.41) is 11.0. The van der Waals surface area contributed by atoms with Crippen molar-refractivity contribution in [1.82, 2.24) is 4.98 Å². The number of aliphatic hydroxyl groups is 1. The van der Waals surface area contributed by atoms with Gasteiger partial charge in [0.15, 0.2) is 5.13 Å². The molecule has 2 aliphatic rings. The van der Waals surface area contributed by atoms with Crippen molar-refractivity contribution >= 4 is 16.5 Å². The Balaban J connectivity index is 1.67. The summed E-state index contributed by atoms with van der Waals surface area (Å²) in [5.41, 5.74) is 0.919. The highest BCUT2D eigenvalue weighted by Crippen LogP contribution is 2.36. The number of hydrogen-bond acceptors (Lipinski definition) is 5. The fourth-order valence-electron chi connectivity index (χ4n) is 2.88. The smallest absolute Gasteiger partial charge is 0.185 e. The van der Waals surface area contributed by atoms with Crippen LogP contribution in [0.2, 0.25) is 0 Å². The minimum absolute atomic E-state index is 0.338. The Hall–Kier alpha value is -0.650. The first kappa shape index (κ1) is 13.3. The largest absolute Gasteiger partial charge is 0.387 e. The fourth-order valence-corrected chi connectivity index (χ4v) is 4.01. The van der Waals surface area contributed by atoms with Crippen LogP contribution in [0.25, 0.3) is 0 Å². The minimum Gasteiger partial charge on any atom is -0.387 e. The van der Waals surface area contributed by atoms with Crippen molar-refractivity contribution in [3.63, 3.8) is 0 Å². The monoisotopic (exact) mass is 282 g/mol. The number of aromatic nitrogens is 1. The Labute approximate surface area is 118 Å². The molecule has 1 saturated heterocycles. The van der Waals surface area contributed by atoms with E-state index in [1.807, 2.05) is 0 Å². The Bertz CT molecular complexity index is 429. The SMILES string of the molecule is CN(CC1CCCCO1)c1nc2c(s1)CCCC2O.